The Hall–Kier alpha value is -4.90. The number of pyridine rings is 3. The van der Waals surface area contributed by atoms with E-state index in [-0.39, 0.29) is 0 Å². The number of H-pyrrole nitrogens is 2. The number of hydrogen-bond donors (Lipinski definition) is 2. The zero-order valence-electron chi connectivity index (χ0n) is 22.6. The molecule has 0 bridgehead atoms. The van der Waals surface area contributed by atoms with Gasteiger partial charge in [0.15, 0.2) is 11.5 Å². The summed E-state index contributed by atoms with van der Waals surface area (Å²) in [6, 6.07) is 10.6. The van der Waals surface area contributed by atoms with E-state index in [0.717, 1.165) is 29.0 Å². The highest BCUT2D eigenvalue weighted by Crippen LogP contribution is 2.33. The van der Waals surface area contributed by atoms with Gasteiger partial charge in [0.2, 0.25) is 0 Å². The summed E-state index contributed by atoms with van der Waals surface area (Å²) < 4.78 is 20.4. The monoisotopic (exact) mass is 537 g/mol. The van der Waals surface area contributed by atoms with E-state index in [0.29, 0.717) is 51.6 Å². The molecular weight excluding hydrogens is 509 g/mol. The molecule has 0 aliphatic rings. The van der Waals surface area contributed by atoms with E-state index in [1.165, 1.54) is 12.1 Å². The van der Waals surface area contributed by atoms with Crippen LogP contribution in [0.25, 0.3) is 56.0 Å². The molecule has 0 spiro atoms. The molecule has 6 rings (SSSR count). The number of imidazole rings is 1. The number of fused-ring (bicyclic) bond motifs is 2. The summed E-state index contributed by atoms with van der Waals surface area (Å²) in [6.45, 7) is 1.16. The minimum atomic E-state index is -0.395. The van der Waals surface area contributed by atoms with Crippen molar-refractivity contribution in [3.05, 3.63) is 67.0 Å². The molecule has 11 heteroatoms. The molecule has 0 aliphatic carbocycles. The highest BCUT2D eigenvalue weighted by atomic mass is 19.1. The van der Waals surface area contributed by atoms with Crippen LogP contribution in [0.15, 0.2) is 61.2 Å². The van der Waals surface area contributed by atoms with Gasteiger partial charge in [0.1, 0.15) is 23.7 Å². The summed E-state index contributed by atoms with van der Waals surface area (Å²) in [5, 5.41) is 7.56. The minimum absolute atomic E-state index is 0.395. The first-order valence-electron chi connectivity index (χ1n) is 12.8. The third kappa shape index (κ3) is 4.94. The van der Waals surface area contributed by atoms with E-state index in [9.17, 15) is 4.39 Å². The number of aromatic nitrogens is 7. The number of ether oxygens (including phenoxy) is 1. The van der Waals surface area contributed by atoms with Crippen LogP contribution in [-0.4, -0.2) is 81.4 Å². The summed E-state index contributed by atoms with van der Waals surface area (Å²) in [4.78, 5) is 25.8. The maximum atomic E-state index is 14.6. The zero-order chi connectivity index (χ0) is 27.8. The first-order chi connectivity index (χ1) is 19.4. The smallest absolute Gasteiger partial charge is 0.161 e. The Morgan fingerprint density at radius 2 is 1.70 bits per heavy atom. The van der Waals surface area contributed by atoms with Crippen molar-refractivity contribution in [1.29, 1.82) is 0 Å². The average Bonchev–Trinajstić information content (AvgIpc) is 3.56. The van der Waals surface area contributed by atoms with Crippen molar-refractivity contribution in [3.63, 3.8) is 0 Å². The average molecular weight is 538 g/mol. The number of aromatic amines is 2. The lowest BCUT2D eigenvalue weighted by molar-refractivity contribution is 0.260. The van der Waals surface area contributed by atoms with Gasteiger partial charge in [0.05, 0.1) is 40.3 Å². The van der Waals surface area contributed by atoms with Crippen LogP contribution >= 0.6 is 0 Å². The van der Waals surface area contributed by atoms with E-state index in [1.54, 1.807) is 24.7 Å². The Labute approximate surface area is 229 Å². The Morgan fingerprint density at radius 3 is 2.52 bits per heavy atom. The van der Waals surface area contributed by atoms with Crippen LogP contribution in [0.5, 0.6) is 5.75 Å². The van der Waals surface area contributed by atoms with Crippen LogP contribution in [-0.2, 0) is 0 Å². The fraction of sp³-hybridized carbons (Fsp3) is 0.207. The number of halogens is 1. The van der Waals surface area contributed by atoms with Crippen LogP contribution in [0.3, 0.4) is 0 Å². The number of hydrogen-bond acceptors (Lipinski definition) is 8. The van der Waals surface area contributed by atoms with E-state index in [1.807, 2.05) is 62.4 Å². The van der Waals surface area contributed by atoms with Crippen LogP contribution in [0.4, 0.5) is 10.1 Å². The Kier molecular flexibility index (Phi) is 6.56. The molecule has 0 atom stereocenters. The van der Waals surface area contributed by atoms with Crippen molar-refractivity contribution in [3.8, 4) is 39.7 Å². The molecule has 0 aliphatic heterocycles. The van der Waals surface area contributed by atoms with Gasteiger partial charge in [-0.05, 0) is 50.0 Å². The molecule has 5 heterocycles. The minimum Gasteiger partial charge on any atom is -0.492 e. The van der Waals surface area contributed by atoms with Crippen LogP contribution < -0.4 is 9.64 Å². The number of benzene rings is 1. The van der Waals surface area contributed by atoms with Gasteiger partial charge < -0.3 is 19.5 Å². The van der Waals surface area contributed by atoms with Crippen LogP contribution in [0, 0.1) is 5.82 Å². The third-order valence-electron chi connectivity index (χ3n) is 6.55. The number of rotatable bonds is 8. The predicted molar refractivity (Wildman–Crippen MR) is 154 cm³/mol. The largest absolute Gasteiger partial charge is 0.492 e. The molecule has 0 radical (unpaired) electrons. The lowest BCUT2D eigenvalue weighted by Crippen LogP contribution is -2.19. The zero-order valence-corrected chi connectivity index (χ0v) is 22.6. The summed E-state index contributed by atoms with van der Waals surface area (Å²) in [6.07, 6.45) is 6.96. The number of nitrogens with zero attached hydrogens (tertiary/aromatic N) is 7. The van der Waals surface area contributed by atoms with Crippen LogP contribution in [0.1, 0.15) is 0 Å². The quantitative estimate of drug-likeness (QED) is 0.286. The van der Waals surface area contributed by atoms with E-state index < -0.39 is 5.82 Å². The standard InChI is InChI=1S/C29H28FN9O/c1-38(2)7-8-40-21-11-17(9-19(30)12-21)22-15-32-16-25-26(22)35-29(34-25)28-27-24(36-37-28)6-5-23(33-27)18-10-20(39(3)4)14-31-13-18/h5-6,9-16H,7-8H2,1-4H3,(H,34,35)(H,36,37). The third-order valence-corrected chi connectivity index (χ3v) is 6.55. The van der Waals surface area contributed by atoms with Gasteiger partial charge in [0, 0.05) is 50.2 Å². The molecule has 0 saturated heterocycles. The van der Waals surface area contributed by atoms with Crippen molar-refractivity contribution in [2.24, 2.45) is 0 Å². The molecule has 2 N–H and O–H groups in total. The van der Waals surface area contributed by atoms with Crippen molar-refractivity contribution in [2.45, 2.75) is 0 Å². The summed E-state index contributed by atoms with van der Waals surface area (Å²) in [7, 11) is 7.86. The highest BCUT2D eigenvalue weighted by molar-refractivity contribution is 5.96. The first kappa shape index (κ1) is 25.4. The molecule has 202 valence electrons. The normalized spacial score (nSPS) is 11.6. The van der Waals surface area contributed by atoms with Crippen molar-refractivity contribution < 1.29 is 9.13 Å². The molecule has 0 saturated carbocycles. The van der Waals surface area contributed by atoms with Gasteiger partial charge in [-0.3, -0.25) is 15.1 Å². The Balaban J connectivity index is 1.39. The van der Waals surface area contributed by atoms with Gasteiger partial charge in [-0.1, -0.05) is 0 Å². The lowest BCUT2D eigenvalue weighted by atomic mass is 10.1. The van der Waals surface area contributed by atoms with Gasteiger partial charge in [-0.15, -0.1) is 0 Å². The summed E-state index contributed by atoms with van der Waals surface area (Å²) in [5.41, 5.74) is 7.30. The summed E-state index contributed by atoms with van der Waals surface area (Å²) >= 11 is 0. The fourth-order valence-corrected chi connectivity index (χ4v) is 4.44. The lowest BCUT2D eigenvalue weighted by Gasteiger charge is -2.12. The Bertz CT molecular complexity index is 1830. The second-order valence-electron chi connectivity index (χ2n) is 9.99. The van der Waals surface area contributed by atoms with Gasteiger partial charge in [0.25, 0.3) is 0 Å². The van der Waals surface area contributed by atoms with Crippen molar-refractivity contribution in [2.75, 3.05) is 46.2 Å². The maximum Gasteiger partial charge on any atom is 0.161 e. The van der Waals surface area contributed by atoms with Gasteiger partial charge in [-0.25, -0.2) is 14.4 Å². The SMILES string of the molecule is CN(C)CCOc1cc(F)cc(-c2cncc3[nH]c(-c4n[nH]c5ccc(-c6cncc(N(C)C)c6)nc45)nc23)c1. The van der Waals surface area contributed by atoms with E-state index in [4.69, 9.17) is 14.7 Å². The molecule has 10 nitrogen and oxygen atoms in total. The van der Waals surface area contributed by atoms with Gasteiger partial charge in [-0.2, -0.15) is 5.10 Å². The van der Waals surface area contributed by atoms with Gasteiger partial charge >= 0.3 is 0 Å². The molecule has 1 aromatic carbocycles. The maximum absolute atomic E-state index is 14.6. The van der Waals surface area contributed by atoms with Crippen LogP contribution in [0.2, 0.25) is 0 Å². The first-order valence-corrected chi connectivity index (χ1v) is 12.8. The van der Waals surface area contributed by atoms with Crippen molar-refractivity contribution in [1.82, 2.24) is 40.0 Å². The fourth-order valence-electron chi connectivity index (χ4n) is 4.44. The van der Waals surface area contributed by atoms with Crippen molar-refractivity contribution >= 4 is 27.8 Å². The number of nitrogens with one attached hydrogen (secondary N) is 2. The molecule has 0 fully saturated rings. The van der Waals surface area contributed by atoms with E-state index >= 15 is 0 Å². The highest BCUT2D eigenvalue weighted by Gasteiger charge is 2.18. The molecule has 6 aromatic rings. The number of likely N-dealkylation sites (N-methyl/N-ethyl adjacent to an activating group) is 1. The predicted octanol–water partition coefficient (Wildman–Crippen LogP) is 4.77. The second-order valence-corrected chi connectivity index (χ2v) is 9.99. The number of anilines is 1. The molecule has 5 aromatic heterocycles. The molecule has 0 unspecified atom stereocenters. The topological polar surface area (TPSA) is 112 Å². The summed E-state index contributed by atoms with van der Waals surface area (Å²) in [5.74, 6) is 0.583. The second kappa shape index (κ2) is 10.3. The molecule has 0 amide bonds. The molecular formula is C29H28FN9O. The Morgan fingerprint density at radius 1 is 0.850 bits per heavy atom. The molecule has 40 heavy (non-hydrogen) atoms. The van der Waals surface area contributed by atoms with E-state index in [2.05, 4.69) is 25.1 Å².